The Labute approximate surface area is 75.7 Å². The van der Waals surface area contributed by atoms with Crippen LogP contribution in [-0.4, -0.2) is 33.1 Å². The third-order valence-electron chi connectivity index (χ3n) is 1.79. The molecule has 13 heavy (non-hydrogen) atoms. The molecule has 0 aliphatic heterocycles. The van der Waals surface area contributed by atoms with Crippen LogP contribution in [0, 0.1) is 0 Å². The topological polar surface area (TPSA) is 80.9 Å². The fourth-order valence-electron chi connectivity index (χ4n) is 0.993. The Hall–Kier alpha value is -1.10. The lowest BCUT2D eigenvalue weighted by atomic mass is 10.1. The molecule has 4 N–H and O–H groups in total. The first kappa shape index (κ1) is 9.98. The molecule has 0 radical (unpaired) electrons. The van der Waals surface area contributed by atoms with E-state index in [0.29, 0.717) is 5.56 Å². The second-order valence-corrected chi connectivity index (χ2v) is 2.79. The number of aromatic hydroxyl groups is 1. The number of aliphatic hydroxyl groups excluding tert-OH is 3. The number of hydrogen-bond donors (Lipinski definition) is 4. The first-order valence-corrected chi connectivity index (χ1v) is 3.91. The van der Waals surface area contributed by atoms with E-state index in [1.807, 2.05) is 0 Å². The van der Waals surface area contributed by atoms with Crippen molar-refractivity contribution in [3.8, 4) is 5.75 Å². The molecule has 4 nitrogen and oxygen atoms in total. The van der Waals surface area contributed by atoms with Crippen LogP contribution in [-0.2, 0) is 0 Å². The molecule has 1 aromatic carbocycles. The molecule has 0 saturated carbocycles. The lowest BCUT2D eigenvalue weighted by molar-refractivity contribution is -0.0152. The number of hydrogen-bond acceptors (Lipinski definition) is 4. The summed E-state index contributed by atoms with van der Waals surface area (Å²) in [4.78, 5) is 0. The molecule has 0 bridgehead atoms. The second kappa shape index (κ2) is 4.23. The molecule has 0 fully saturated rings. The zero-order valence-corrected chi connectivity index (χ0v) is 6.96. The minimum atomic E-state index is -1.19. The highest BCUT2D eigenvalue weighted by Gasteiger charge is 2.16. The maximum Gasteiger partial charge on any atom is 0.115 e. The monoisotopic (exact) mass is 184 g/mol. The molecule has 0 aliphatic carbocycles. The third-order valence-corrected chi connectivity index (χ3v) is 1.79. The molecule has 1 rings (SSSR count). The van der Waals surface area contributed by atoms with Crippen molar-refractivity contribution in [2.24, 2.45) is 0 Å². The molecule has 0 aromatic heterocycles. The lowest BCUT2D eigenvalue weighted by Gasteiger charge is -2.15. The van der Waals surface area contributed by atoms with Crippen molar-refractivity contribution in [2.45, 2.75) is 12.2 Å². The lowest BCUT2D eigenvalue weighted by Crippen LogP contribution is -2.21. The predicted molar refractivity (Wildman–Crippen MR) is 46.2 cm³/mol. The Bertz CT molecular complexity index is 257. The van der Waals surface area contributed by atoms with Gasteiger partial charge in [0.15, 0.2) is 0 Å². The van der Waals surface area contributed by atoms with E-state index in [9.17, 15) is 5.11 Å². The SMILES string of the molecule is OC[C@H](O)[C@H](O)c1ccc(O)cc1. The molecular weight excluding hydrogens is 172 g/mol. The van der Waals surface area contributed by atoms with Gasteiger partial charge in [-0.05, 0) is 17.7 Å². The second-order valence-electron chi connectivity index (χ2n) is 2.79. The molecule has 0 spiro atoms. The van der Waals surface area contributed by atoms with Gasteiger partial charge in [0.05, 0.1) is 6.61 Å². The van der Waals surface area contributed by atoms with Gasteiger partial charge in [-0.15, -0.1) is 0 Å². The zero-order valence-electron chi connectivity index (χ0n) is 6.96. The average molecular weight is 184 g/mol. The Balaban J connectivity index is 2.77. The van der Waals surface area contributed by atoms with E-state index >= 15 is 0 Å². The van der Waals surface area contributed by atoms with Crippen molar-refractivity contribution in [3.05, 3.63) is 29.8 Å². The van der Waals surface area contributed by atoms with E-state index in [1.54, 1.807) is 0 Å². The van der Waals surface area contributed by atoms with E-state index < -0.39 is 18.8 Å². The van der Waals surface area contributed by atoms with Gasteiger partial charge in [0.1, 0.15) is 18.0 Å². The molecule has 0 saturated heterocycles. The van der Waals surface area contributed by atoms with Crippen LogP contribution < -0.4 is 0 Å². The smallest absolute Gasteiger partial charge is 0.115 e. The van der Waals surface area contributed by atoms with Crippen molar-refractivity contribution < 1.29 is 20.4 Å². The fourth-order valence-corrected chi connectivity index (χ4v) is 0.993. The number of aliphatic hydroxyl groups is 3. The van der Waals surface area contributed by atoms with Gasteiger partial charge in [0, 0.05) is 0 Å². The minimum Gasteiger partial charge on any atom is -0.508 e. The van der Waals surface area contributed by atoms with Crippen molar-refractivity contribution in [1.29, 1.82) is 0 Å². The van der Waals surface area contributed by atoms with Gasteiger partial charge in [-0.3, -0.25) is 0 Å². The van der Waals surface area contributed by atoms with Crippen molar-refractivity contribution in [3.63, 3.8) is 0 Å². The molecule has 1 aromatic rings. The first-order chi connectivity index (χ1) is 6.15. The van der Waals surface area contributed by atoms with Crippen LogP contribution in [0.4, 0.5) is 0 Å². The fraction of sp³-hybridized carbons (Fsp3) is 0.333. The number of rotatable bonds is 3. The molecule has 0 unspecified atom stereocenters. The van der Waals surface area contributed by atoms with Crippen LogP contribution in [0.2, 0.25) is 0 Å². The summed E-state index contributed by atoms with van der Waals surface area (Å²) < 4.78 is 0. The summed E-state index contributed by atoms with van der Waals surface area (Å²) in [5.74, 6) is 0.0921. The molecular formula is C9H12O4. The van der Waals surface area contributed by atoms with Crippen molar-refractivity contribution >= 4 is 0 Å². The quantitative estimate of drug-likeness (QED) is 0.523. The van der Waals surface area contributed by atoms with Gasteiger partial charge < -0.3 is 20.4 Å². The van der Waals surface area contributed by atoms with Gasteiger partial charge in [-0.25, -0.2) is 0 Å². The Morgan fingerprint density at radius 2 is 1.62 bits per heavy atom. The molecule has 4 heteroatoms. The summed E-state index contributed by atoms with van der Waals surface area (Å²) in [5.41, 5.74) is 0.458. The standard InChI is InChI=1S/C9H12O4/c10-5-8(12)9(13)6-1-3-7(11)4-2-6/h1-4,8-13H,5H2/t8-,9+/m0/s1. The molecule has 0 amide bonds. The van der Waals surface area contributed by atoms with E-state index in [-0.39, 0.29) is 5.75 Å². The Morgan fingerprint density at radius 3 is 2.08 bits per heavy atom. The van der Waals surface area contributed by atoms with Crippen LogP contribution in [0.5, 0.6) is 5.75 Å². The first-order valence-electron chi connectivity index (χ1n) is 3.91. The van der Waals surface area contributed by atoms with Crippen molar-refractivity contribution in [1.82, 2.24) is 0 Å². The maximum absolute atomic E-state index is 9.39. The van der Waals surface area contributed by atoms with Crippen LogP contribution in [0.3, 0.4) is 0 Å². The highest BCUT2D eigenvalue weighted by molar-refractivity contribution is 5.27. The summed E-state index contributed by atoms with van der Waals surface area (Å²) in [7, 11) is 0. The van der Waals surface area contributed by atoms with Crippen LogP contribution >= 0.6 is 0 Å². The largest absolute Gasteiger partial charge is 0.508 e. The molecule has 0 aliphatic rings. The normalized spacial score (nSPS) is 15.3. The third kappa shape index (κ3) is 2.42. The molecule has 0 heterocycles. The van der Waals surface area contributed by atoms with E-state index in [2.05, 4.69) is 0 Å². The molecule has 2 atom stereocenters. The van der Waals surface area contributed by atoms with Crippen LogP contribution in [0.25, 0.3) is 0 Å². The average Bonchev–Trinajstić information content (AvgIpc) is 2.17. The molecule has 72 valence electrons. The highest BCUT2D eigenvalue weighted by Crippen LogP contribution is 2.19. The van der Waals surface area contributed by atoms with E-state index in [1.165, 1.54) is 24.3 Å². The van der Waals surface area contributed by atoms with Gasteiger partial charge in [0.25, 0.3) is 0 Å². The number of phenolic OH excluding ortho intramolecular Hbond substituents is 1. The van der Waals surface area contributed by atoms with Gasteiger partial charge in [0.2, 0.25) is 0 Å². The van der Waals surface area contributed by atoms with E-state index in [4.69, 9.17) is 15.3 Å². The van der Waals surface area contributed by atoms with Gasteiger partial charge in [-0.1, -0.05) is 12.1 Å². The number of phenols is 1. The number of benzene rings is 1. The van der Waals surface area contributed by atoms with Gasteiger partial charge >= 0.3 is 0 Å². The summed E-state index contributed by atoms with van der Waals surface area (Å²) in [6.07, 6.45) is -2.31. The summed E-state index contributed by atoms with van der Waals surface area (Å²) in [6, 6.07) is 5.78. The zero-order chi connectivity index (χ0) is 9.84. The summed E-state index contributed by atoms with van der Waals surface area (Å²) in [5, 5.41) is 36.0. The summed E-state index contributed by atoms with van der Waals surface area (Å²) in [6.45, 7) is -0.498. The van der Waals surface area contributed by atoms with Crippen molar-refractivity contribution in [2.75, 3.05) is 6.61 Å². The maximum atomic E-state index is 9.39. The van der Waals surface area contributed by atoms with Crippen LogP contribution in [0.1, 0.15) is 11.7 Å². The van der Waals surface area contributed by atoms with Crippen LogP contribution in [0.15, 0.2) is 24.3 Å². The predicted octanol–water partition coefficient (Wildman–Crippen LogP) is -0.221. The van der Waals surface area contributed by atoms with E-state index in [0.717, 1.165) is 0 Å². The Kier molecular flexibility index (Phi) is 3.25. The minimum absolute atomic E-state index is 0.0921. The highest BCUT2D eigenvalue weighted by atomic mass is 16.4. The summed E-state index contributed by atoms with van der Waals surface area (Å²) >= 11 is 0. The van der Waals surface area contributed by atoms with Gasteiger partial charge in [-0.2, -0.15) is 0 Å². The Morgan fingerprint density at radius 1 is 1.08 bits per heavy atom.